The van der Waals surface area contributed by atoms with Crippen LogP contribution in [0.15, 0.2) is 42.5 Å². The molecule has 138 valence electrons. The zero-order chi connectivity index (χ0) is 19.1. The summed E-state index contributed by atoms with van der Waals surface area (Å²) < 4.78 is 18.8. The molecule has 2 aromatic carbocycles. The second-order valence-corrected chi connectivity index (χ2v) is 6.12. The Kier molecular flexibility index (Phi) is 6.68. The number of carbonyl (C=O) groups excluding carboxylic acids is 2. The standard InChI is InChI=1S/C19H22FN3O3/c1-13-4-9-17(16(20)10-13)22-19(25)12-23(2)11-18(24)21-14-5-7-15(26-3)8-6-14/h4-10H,11-12H2,1-3H3,(H,21,24)(H,22,25)/p+1. The molecule has 0 radical (unpaired) electrons. The number of likely N-dealkylation sites (N-methyl/N-ethyl adjacent to an activating group) is 1. The van der Waals surface area contributed by atoms with E-state index in [9.17, 15) is 14.0 Å². The van der Waals surface area contributed by atoms with Crippen molar-refractivity contribution in [2.24, 2.45) is 0 Å². The minimum atomic E-state index is -0.478. The quantitative estimate of drug-likeness (QED) is 0.696. The van der Waals surface area contributed by atoms with Gasteiger partial charge >= 0.3 is 0 Å². The van der Waals surface area contributed by atoms with E-state index in [1.165, 1.54) is 12.1 Å². The first kappa shape index (κ1) is 19.4. The number of rotatable bonds is 7. The van der Waals surface area contributed by atoms with Gasteiger partial charge in [0.2, 0.25) is 0 Å². The molecule has 0 aromatic heterocycles. The molecule has 1 unspecified atom stereocenters. The molecule has 0 heterocycles. The molecule has 0 fully saturated rings. The number of nitrogens with one attached hydrogen (secondary N) is 3. The van der Waals surface area contributed by atoms with Crippen molar-refractivity contribution in [3.05, 3.63) is 53.8 Å². The number of methoxy groups -OCH3 is 1. The monoisotopic (exact) mass is 360 g/mol. The van der Waals surface area contributed by atoms with Crippen LogP contribution in [0.3, 0.4) is 0 Å². The number of carbonyl (C=O) groups is 2. The van der Waals surface area contributed by atoms with Crippen molar-refractivity contribution in [3.8, 4) is 5.75 Å². The van der Waals surface area contributed by atoms with Gasteiger partial charge in [-0.3, -0.25) is 9.59 Å². The summed E-state index contributed by atoms with van der Waals surface area (Å²) in [6.45, 7) is 1.92. The largest absolute Gasteiger partial charge is 0.497 e. The van der Waals surface area contributed by atoms with Gasteiger partial charge in [-0.1, -0.05) is 6.07 Å². The van der Waals surface area contributed by atoms with Crippen LogP contribution >= 0.6 is 0 Å². The van der Waals surface area contributed by atoms with Crippen molar-refractivity contribution in [1.82, 2.24) is 0 Å². The highest BCUT2D eigenvalue weighted by molar-refractivity contribution is 5.93. The van der Waals surface area contributed by atoms with E-state index < -0.39 is 5.82 Å². The lowest BCUT2D eigenvalue weighted by atomic mass is 10.2. The van der Waals surface area contributed by atoms with Crippen molar-refractivity contribution in [2.75, 3.05) is 37.9 Å². The van der Waals surface area contributed by atoms with Crippen molar-refractivity contribution in [2.45, 2.75) is 6.92 Å². The van der Waals surface area contributed by atoms with E-state index >= 15 is 0 Å². The highest BCUT2D eigenvalue weighted by Gasteiger charge is 2.15. The normalized spacial score (nSPS) is 11.5. The Morgan fingerprint density at radius 3 is 2.23 bits per heavy atom. The smallest absolute Gasteiger partial charge is 0.279 e. The first-order chi connectivity index (χ1) is 12.4. The first-order valence-electron chi connectivity index (χ1n) is 8.18. The SMILES string of the molecule is COc1ccc(NC(=O)C[NH+](C)CC(=O)Nc2ccc(C)cc2F)cc1. The second-order valence-electron chi connectivity index (χ2n) is 6.12. The Morgan fingerprint density at radius 2 is 1.65 bits per heavy atom. The first-order valence-corrected chi connectivity index (χ1v) is 8.18. The number of hydrogen-bond acceptors (Lipinski definition) is 3. The van der Waals surface area contributed by atoms with Gasteiger partial charge in [0.25, 0.3) is 11.8 Å². The van der Waals surface area contributed by atoms with Gasteiger partial charge in [-0.25, -0.2) is 4.39 Å². The summed E-state index contributed by atoms with van der Waals surface area (Å²) >= 11 is 0. The molecule has 0 bridgehead atoms. The molecule has 0 aliphatic heterocycles. The third-order valence-electron chi connectivity index (χ3n) is 3.70. The highest BCUT2D eigenvalue weighted by Crippen LogP contribution is 2.15. The molecular formula is C19H23FN3O3+. The second kappa shape index (κ2) is 8.96. The summed E-state index contributed by atoms with van der Waals surface area (Å²) in [6, 6.07) is 11.6. The van der Waals surface area contributed by atoms with Gasteiger partial charge in [0.05, 0.1) is 19.8 Å². The van der Waals surface area contributed by atoms with Crippen LogP contribution in [-0.4, -0.2) is 39.1 Å². The zero-order valence-electron chi connectivity index (χ0n) is 15.1. The summed E-state index contributed by atoms with van der Waals surface area (Å²) in [6.07, 6.45) is 0. The molecule has 26 heavy (non-hydrogen) atoms. The number of quaternary nitrogens is 1. The van der Waals surface area contributed by atoms with Gasteiger partial charge in [0.1, 0.15) is 11.6 Å². The average molecular weight is 360 g/mol. The summed E-state index contributed by atoms with van der Waals surface area (Å²) in [7, 11) is 3.29. The van der Waals surface area contributed by atoms with Gasteiger partial charge in [0.15, 0.2) is 13.1 Å². The molecule has 2 rings (SSSR count). The van der Waals surface area contributed by atoms with E-state index in [1.807, 2.05) is 0 Å². The van der Waals surface area contributed by atoms with E-state index in [4.69, 9.17) is 4.74 Å². The van der Waals surface area contributed by atoms with E-state index in [0.717, 1.165) is 5.56 Å². The van der Waals surface area contributed by atoms with Crippen LogP contribution < -0.4 is 20.3 Å². The topological polar surface area (TPSA) is 71.9 Å². The Morgan fingerprint density at radius 1 is 1.04 bits per heavy atom. The Bertz CT molecular complexity index is 778. The number of benzene rings is 2. The number of ether oxygens (including phenoxy) is 1. The Balaban J connectivity index is 1.81. The molecule has 1 atom stereocenters. The molecule has 0 aliphatic carbocycles. The molecule has 7 heteroatoms. The summed E-state index contributed by atoms with van der Waals surface area (Å²) in [5, 5.41) is 5.28. The van der Waals surface area contributed by atoms with Crippen LogP contribution in [0, 0.1) is 12.7 Å². The van der Waals surface area contributed by atoms with Gasteiger partial charge in [-0.15, -0.1) is 0 Å². The van der Waals surface area contributed by atoms with E-state index in [1.54, 1.807) is 51.4 Å². The molecule has 6 nitrogen and oxygen atoms in total. The fourth-order valence-corrected chi connectivity index (χ4v) is 2.41. The maximum absolute atomic E-state index is 13.8. The van der Waals surface area contributed by atoms with Gasteiger partial charge in [-0.2, -0.15) is 0 Å². The van der Waals surface area contributed by atoms with Gasteiger partial charge in [-0.05, 0) is 48.9 Å². The number of halogens is 1. The van der Waals surface area contributed by atoms with Crippen LogP contribution in [0.1, 0.15) is 5.56 Å². The molecule has 0 saturated heterocycles. The third-order valence-corrected chi connectivity index (χ3v) is 3.70. The lowest BCUT2D eigenvalue weighted by Gasteiger charge is -2.14. The van der Waals surface area contributed by atoms with Crippen LogP contribution in [-0.2, 0) is 9.59 Å². The fraction of sp³-hybridized carbons (Fsp3) is 0.263. The van der Waals surface area contributed by atoms with Crippen LogP contribution in [0.5, 0.6) is 5.75 Å². The molecule has 0 spiro atoms. The molecule has 3 N–H and O–H groups in total. The lowest BCUT2D eigenvalue weighted by molar-refractivity contribution is -0.862. The number of amides is 2. The lowest BCUT2D eigenvalue weighted by Crippen LogP contribution is -3.11. The van der Waals surface area contributed by atoms with Crippen LogP contribution in [0.4, 0.5) is 15.8 Å². The molecule has 0 saturated carbocycles. The van der Waals surface area contributed by atoms with Gasteiger partial charge < -0.3 is 20.3 Å². The summed E-state index contributed by atoms with van der Waals surface area (Å²) in [4.78, 5) is 24.8. The van der Waals surface area contributed by atoms with Crippen molar-refractivity contribution >= 4 is 23.2 Å². The van der Waals surface area contributed by atoms with E-state index in [2.05, 4.69) is 10.6 Å². The summed E-state index contributed by atoms with van der Waals surface area (Å²) in [5.74, 6) is -0.358. The maximum atomic E-state index is 13.8. The van der Waals surface area contributed by atoms with Crippen molar-refractivity contribution in [3.63, 3.8) is 0 Å². The number of hydrogen-bond donors (Lipinski definition) is 3. The van der Waals surface area contributed by atoms with Crippen molar-refractivity contribution in [1.29, 1.82) is 0 Å². The minimum Gasteiger partial charge on any atom is -0.497 e. The van der Waals surface area contributed by atoms with Crippen molar-refractivity contribution < 1.29 is 23.6 Å². The molecular weight excluding hydrogens is 337 g/mol. The van der Waals surface area contributed by atoms with E-state index in [-0.39, 0.29) is 30.6 Å². The maximum Gasteiger partial charge on any atom is 0.279 e. The van der Waals surface area contributed by atoms with E-state index in [0.29, 0.717) is 16.3 Å². The van der Waals surface area contributed by atoms with Crippen LogP contribution in [0.2, 0.25) is 0 Å². The number of anilines is 2. The van der Waals surface area contributed by atoms with Crippen LogP contribution in [0.25, 0.3) is 0 Å². The molecule has 0 aliphatic rings. The minimum absolute atomic E-state index is 0.0450. The predicted octanol–water partition coefficient (Wildman–Crippen LogP) is 1.23. The third kappa shape index (κ3) is 5.86. The highest BCUT2D eigenvalue weighted by atomic mass is 19.1. The van der Waals surface area contributed by atoms with Gasteiger partial charge in [0, 0.05) is 5.69 Å². The zero-order valence-corrected chi connectivity index (χ0v) is 15.1. The molecule has 2 aromatic rings. The fourth-order valence-electron chi connectivity index (χ4n) is 2.41. The summed E-state index contributed by atoms with van der Waals surface area (Å²) in [5.41, 5.74) is 1.56. The Hall–Kier alpha value is -2.93. The predicted molar refractivity (Wildman–Crippen MR) is 98.0 cm³/mol. The average Bonchev–Trinajstić information content (AvgIpc) is 2.57. The molecule has 2 amide bonds. The number of aryl methyl sites for hydroxylation is 1. The Labute approximate surface area is 152 Å².